The Kier molecular flexibility index (Phi) is 5.41. The van der Waals surface area contributed by atoms with Crippen molar-refractivity contribution in [3.8, 4) is 0 Å². The molecule has 0 amide bonds. The van der Waals surface area contributed by atoms with Crippen LogP contribution in [0.1, 0.15) is 6.92 Å². The number of nitrogens with two attached hydrogens (primary N) is 1. The van der Waals surface area contributed by atoms with E-state index in [2.05, 4.69) is 16.8 Å². The van der Waals surface area contributed by atoms with Gasteiger partial charge in [-0.1, -0.05) is 11.6 Å². The molecule has 0 aromatic carbocycles. The monoisotopic (exact) mass is 245 g/mol. The molecule has 1 aliphatic rings. The average molecular weight is 246 g/mol. The minimum absolute atomic E-state index is 0.529. The van der Waals surface area contributed by atoms with Gasteiger partial charge in [-0.25, -0.2) is 0 Å². The van der Waals surface area contributed by atoms with Gasteiger partial charge >= 0.3 is 0 Å². The van der Waals surface area contributed by atoms with E-state index >= 15 is 0 Å². The number of halogens is 1. The number of nitrogens with zero attached hydrogens (tertiary/aromatic N) is 2. The SMILES string of the molecule is C[NH2+]C(C)=C(Cl)C(=N)CN1CCN(C)CC1. The first-order valence-corrected chi connectivity index (χ1v) is 6.06. The van der Waals surface area contributed by atoms with Crippen LogP contribution >= 0.6 is 11.6 Å². The standard InChI is InChI=1S/C11H21ClN4/c1-9(14-2)11(12)10(13)8-16-6-4-15(3)5-7-16/h13-14H,4-8H2,1-3H3/p+1. The second kappa shape index (κ2) is 6.35. The summed E-state index contributed by atoms with van der Waals surface area (Å²) in [4.78, 5) is 4.59. The largest absolute Gasteiger partial charge is 0.319 e. The van der Waals surface area contributed by atoms with E-state index < -0.39 is 0 Å². The number of quaternary nitrogens is 1. The van der Waals surface area contributed by atoms with Gasteiger partial charge < -0.3 is 15.6 Å². The van der Waals surface area contributed by atoms with Crippen LogP contribution in [0.5, 0.6) is 0 Å². The highest BCUT2D eigenvalue weighted by molar-refractivity contribution is 6.43. The summed E-state index contributed by atoms with van der Waals surface area (Å²) in [5, 5.41) is 10.5. The minimum Gasteiger partial charge on any atom is -0.319 e. The molecule has 1 heterocycles. The van der Waals surface area contributed by atoms with Crippen LogP contribution in [0.15, 0.2) is 10.7 Å². The van der Waals surface area contributed by atoms with Crippen LogP contribution in [0.3, 0.4) is 0 Å². The van der Waals surface area contributed by atoms with Crippen molar-refractivity contribution < 1.29 is 5.32 Å². The Morgan fingerprint density at radius 1 is 1.31 bits per heavy atom. The maximum Gasteiger partial charge on any atom is 0.123 e. The maximum absolute atomic E-state index is 7.95. The van der Waals surface area contributed by atoms with Crippen molar-refractivity contribution in [3.05, 3.63) is 10.7 Å². The number of hydrogen-bond acceptors (Lipinski definition) is 3. The lowest BCUT2D eigenvalue weighted by Crippen LogP contribution is -2.77. The molecule has 1 rings (SSSR count). The smallest absolute Gasteiger partial charge is 0.123 e. The zero-order chi connectivity index (χ0) is 12.1. The molecule has 5 heteroatoms. The molecule has 0 unspecified atom stereocenters. The molecule has 0 spiro atoms. The molecule has 1 aliphatic heterocycles. The van der Waals surface area contributed by atoms with E-state index in [1.165, 1.54) is 0 Å². The normalized spacial score (nSPS) is 20.8. The van der Waals surface area contributed by atoms with E-state index in [1.54, 1.807) is 0 Å². The van der Waals surface area contributed by atoms with Crippen molar-refractivity contribution in [1.29, 1.82) is 5.41 Å². The Balaban J connectivity index is 2.46. The fourth-order valence-electron chi connectivity index (χ4n) is 1.66. The number of allylic oxidation sites excluding steroid dienone is 1. The fourth-order valence-corrected chi connectivity index (χ4v) is 1.83. The van der Waals surface area contributed by atoms with E-state index in [-0.39, 0.29) is 0 Å². The van der Waals surface area contributed by atoms with Gasteiger partial charge in [0.05, 0.1) is 12.8 Å². The number of piperazine rings is 1. The molecule has 0 aromatic rings. The molecular weight excluding hydrogens is 224 g/mol. The van der Waals surface area contributed by atoms with Crippen LogP contribution in [-0.2, 0) is 0 Å². The molecule has 0 bridgehead atoms. The van der Waals surface area contributed by atoms with Crippen molar-refractivity contribution in [2.24, 2.45) is 0 Å². The highest BCUT2D eigenvalue weighted by Gasteiger charge is 2.17. The van der Waals surface area contributed by atoms with Crippen LogP contribution < -0.4 is 5.32 Å². The third kappa shape index (κ3) is 3.87. The van der Waals surface area contributed by atoms with Gasteiger partial charge in [0.15, 0.2) is 0 Å². The van der Waals surface area contributed by atoms with Crippen molar-refractivity contribution in [2.75, 3.05) is 46.8 Å². The summed E-state index contributed by atoms with van der Waals surface area (Å²) in [6, 6.07) is 0. The van der Waals surface area contributed by atoms with Gasteiger partial charge in [0.1, 0.15) is 10.7 Å². The van der Waals surface area contributed by atoms with E-state index in [0.29, 0.717) is 17.3 Å². The third-order valence-corrected chi connectivity index (χ3v) is 3.55. The molecule has 1 fully saturated rings. The molecule has 4 nitrogen and oxygen atoms in total. The Morgan fingerprint density at radius 3 is 2.38 bits per heavy atom. The zero-order valence-corrected chi connectivity index (χ0v) is 11.1. The minimum atomic E-state index is 0.529. The van der Waals surface area contributed by atoms with Crippen molar-refractivity contribution in [2.45, 2.75) is 6.92 Å². The predicted octanol–water partition coefficient (Wildman–Crippen LogP) is -0.0829. The van der Waals surface area contributed by atoms with Gasteiger partial charge in [0.2, 0.25) is 0 Å². The number of likely N-dealkylation sites (N-methyl/N-ethyl adjacent to an activating group) is 1. The first-order valence-electron chi connectivity index (χ1n) is 5.69. The summed E-state index contributed by atoms with van der Waals surface area (Å²) in [7, 11) is 4.08. The van der Waals surface area contributed by atoms with Crippen LogP contribution in [0.2, 0.25) is 0 Å². The van der Waals surface area contributed by atoms with E-state index in [9.17, 15) is 0 Å². The zero-order valence-electron chi connectivity index (χ0n) is 10.4. The fraction of sp³-hybridized carbons (Fsp3) is 0.727. The van der Waals surface area contributed by atoms with Gasteiger partial charge in [-0.15, -0.1) is 0 Å². The first-order chi connectivity index (χ1) is 7.54. The quantitative estimate of drug-likeness (QED) is 0.681. The first kappa shape index (κ1) is 13.6. The van der Waals surface area contributed by atoms with E-state index in [4.69, 9.17) is 17.0 Å². The molecule has 1 saturated heterocycles. The Labute approximate surface area is 103 Å². The lowest BCUT2D eigenvalue weighted by Gasteiger charge is -2.32. The number of hydrogen-bond donors (Lipinski definition) is 2. The summed E-state index contributed by atoms with van der Waals surface area (Å²) in [6.45, 7) is 6.82. The van der Waals surface area contributed by atoms with Gasteiger partial charge in [-0.05, 0) is 7.05 Å². The molecule has 0 atom stereocenters. The topological polar surface area (TPSA) is 46.9 Å². The van der Waals surface area contributed by atoms with E-state index in [1.807, 2.05) is 19.3 Å². The highest BCUT2D eigenvalue weighted by Crippen LogP contribution is 2.08. The average Bonchev–Trinajstić information content (AvgIpc) is 2.30. The molecule has 0 aromatic heterocycles. The summed E-state index contributed by atoms with van der Waals surface area (Å²) in [5.74, 6) is 0. The van der Waals surface area contributed by atoms with E-state index in [0.717, 1.165) is 31.9 Å². The lowest BCUT2D eigenvalue weighted by atomic mass is 10.2. The van der Waals surface area contributed by atoms with Crippen molar-refractivity contribution in [3.63, 3.8) is 0 Å². The molecule has 3 N–H and O–H groups in total. The Bertz CT molecular complexity index is 280. The second-order valence-electron chi connectivity index (χ2n) is 4.34. The number of nitrogens with one attached hydrogen (secondary N) is 1. The van der Waals surface area contributed by atoms with Gasteiger partial charge in [-0.2, -0.15) is 0 Å². The summed E-state index contributed by atoms with van der Waals surface area (Å²) in [5.41, 5.74) is 1.52. The van der Waals surface area contributed by atoms with Gasteiger partial charge in [0.25, 0.3) is 0 Å². The predicted molar refractivity (Wildman–Crippen MR) is 68.1 cm³/mol. The van der Waals surface area contributed by atoms with Crippen molar-refractivity contribution in [1.82, 2.24) is 9.80 Å². The maximum atomic E-state index is 7.95. The Hall–Kier alpha value is -0.420. The van der Waals surface area contributed by atoms with Crippen molar-refractivity contribution >= 4 is 17.3 Å². The van der Waals surface area contributed by atoms with Crippen LogP contribution in [-0.4, -0.2) is 62.3 Å². The lowest BCUT2D eigenvalue weighted by molar-refractivity contribution is -0.576. The summed E-state index contributed by atoms with van der Waals surface area (Å²) >= 11 is 6.12. The third-order valence-electron chi connectivity index (χ3n) is 3.02. The molecular formula is C11H22ClN4+. The van der Waals surface area contributed by atoms with Crippen LogP contribution in [0, 0.1) is 5.41 Å². The summed E-state index contributed by atoms with van der Waals surface area (Å²) in [6.07, 6.45) is 0. The molecule has 92 valence electrons. The van der Waals surface area contributed by atoms with Gasteiger partial charge in [-0.3, -0.25) is 4.90 Å². The molecule has 16 heavy (non-hydrogen) atoms. The molecule has 0 radical (unpaired) electrons. The van der Waals surface area contributed by atoms with Crippen LogP contribution in [0.25, 0.3) is 0 Å². The van der Waals surface area contributed by atoms with Crippen LogP contribution in [0.4, 0.5) is 0 Å². The highest BCUT2D eigenvalue weighted by atomic mass is 35.5. The second-order valence-corrected chi connectivity index (χ2v) is 4.72. The molecule has 0 saturated carbocycles. The molecule has 0 aliphatic carbocycles. The summed E-state index contributed by atoms with van der Waals surface area (Å²) < 4.78 is 0. The number of rotatable bonds is 4. The Morgan fingerprint density at radius 2 is 1.88 bits per heavy atom. The van der Waals surface area contributed by atoms with Gasteiger partial charge in [0, 0.05) is 39.6 Å².